The van der Waals surface area contributed by atoms with Crippen molar-refractivity contribution in [2.24, 2.45) is 0 Å². The fourth-order valence-corrected chi connectivity index (χ4v) is 1.60. The lowest BCUT2D eigenvalue weighted by molar-refractivity contribution is 0.609. The lowest BCUT2D eigenvalue weighted by Gasteiger charge is -2.17. The largest absolute Gasteiger partial charge is 0.313 e. The minimum absolute atomic E-state index is 0.749. The molecule has 1 atom stereocenters. The molecule has 0 bridgehead atoms. The van der Waals surface area contributed by atoms with Crippen LogP contribution in [0.3, 0.4) is 0 Å². The van der Waals surface area contributed by atoms with Gasteiger partial charge in [0.25, 0.3) is 0 Å². The zero-order chi connectivity index (χ0) is 7.11. The lowest BCUT2D eigenvalue weighted by atomic mass is 10.4. The van der Waals surface area contributed by atoms with E-state index in [1.54, 1.807) is 0 Å². The maximum Gasteiger partial charge on any atom is 0.0130 e. The number of thioether (sulfide) groups is 1. The zero-order valence-electron chi connectivity index (χ0n) is 6.61. The van der Waals surface area contributed by atoms with Gasteiger partial charge in [-0.3, -0.25) is 0 Å². The maximum absolute atomic E-state index is 3.36. The van der Waals surface area contributed by atoms with Crippen LogP contribution in [-0.2, 0) is 0 Å². The molecule has 56 valence electrons. The van der Waals surface area contributed by atoms with Crippen molar-refractivity contribution >= 4 is 11.8 Å². The molecule has 1 unspecified atom stereocenters. The van der Waals surface area contributed by atoms with E-state index in [1.165, 1.54) is 18.1 Å². The van der Waals surface area contributed by atoms with Gasteiger partial charge in [-0.2, -0.15) is 11.8 Å². The smallest absolute Gasteiger partial charge is 0.0130 e. The van der Waals surface area contributed by atoms with Gasteiger partial charge < -0.3 is 5.32 Å². The predicted molar refractivity (Wildman–Crippen MR) is 46.1 cm³/mol. The van der Waals surface area contributed by atoms with Crippen molar-refractivity contribution in [3.8, 4) is 0 Å². The molecule has 0 aromatic rings. The summed E-state index contributed by atoms with van der Waals surface area (Å²) in [6.07, 6.45) is 0. The van der Waals surface area contributed by atoms with E-state index < -0.39 is 0 Å². The van der Waals surface area contributed by atoms with Crippen molar-refractivity contribution in [3.05, 3.63) is 0 Å². The summed E-state index contributed by atoms with van der Waals surface area (Å²) in [5.41, 5.74) is 0. The molecule has 0 radical (unpaired) electrons. The van der Waals surface area contributed by atoms with Crippen LogP contribution >= 0.6 is 11.8 Å². The lowest BCUT2D eigenvalue weighted by Crippen LogP contribution is -2.34. The summed E-state index contributed by atoms with van der Waals surface area (Å²) in [5.74, 6) is 2.59. The van der Waals surface area contributed by atoms with Crippen LogP contribution in [0.2, 0.25) is 0 Å². The minimum atomic E-state index is 0.749. The third-order valence-corrected chi connectivity index (χ3v) is 2.34. The van der Waals surface area contributed by atoms with Gasteiger partial charge in [-0.15, -0.1) is 0 Å². The van der Waals surface area contributed by atoms with Gasteiger partial charge in [-0.25, -0.2) is 0 Å². The van der Waals surface area contributed by atoms with E-state index in [1.807, 2.05) is 25.6 Å². The molecule has 1 saturated heterocycles. The molecule has 0 aromatic heterocycles. The summed E-state index contributed by atoms with van der Waals surface area (Å²) >= 11 is 2.04. The average molecular weight is 147 g/mol. The molecule has 1 aliphatic heterocycles. The van der Waals surface area contributed by atoms with Crippen LogP contribution in [0.5, 0.6) is 0 Å². The molecule has 1 nitrogen and oxygen atoms in total. The van der Waals surface area contributed by atoms with Gasteiger partial charge in [-0.1, -0.05) is 13.8 Å². The van der Waals surface area contributed by atoms with Crippen molar-refractivity contribution in [1.29, 1.82) is 0 Å². The summed E-state index contributed by atoms with van der Waals surface area (Å²) in [4.78, 5) is 0. The summed E-state index contributed by atoms with van der Waals surface area (Å²) in [6.45, 7) is 7.43. The monoisotopic (exact) mass is 147 g/mol. The van der Waals surface area contributed by atoms with Crippen LogP contribution in [0.25, 0.3) is 0 Å². The summed E-state index contributed by atoms with van der Waals surface area (Å²) in [7, 11) is 0. The SMILES string of the molecule is CC.CC1CSCCN1. The summed E-state index contributed by atoms with van der Waals surface area (Å²) in [6, 6.07) is 0.749. The van der Waals surface area contributed by atoms with Crippen molar-refractivity contribution in [2.45, 2.75) is 26.8 Å². The molecule has 0 spiro atoms. The van der Waals surface area contributed by atoms with E-state index in [9.17, 15) is 0 Å². The van der Waals surface area contributed by atoms with E-state index in [4.69, 9.17) is 0 Å². The quantitative estimate of drug-likeness (QED) is 0.560. The molecule has 1 fully saturated rings. The molecular formula is C7H17NS. The maximum atomic E-state index is 3.36. The molecular weight excluding hydrogens is 130 g/mol. The first-order chi connectivity index (χ1) is 4.39. The molecule has 1 rings (SSSR count). The molecule has 0 aliphatic carbocycles. The van der Waals surface area contributed by atoms with Crippen LogP contribution in [-0.4, -0.2) is 24.1 Å². The van der Waals surface area contributed by atoms with Crippen LogP contribution in [0.15, 0.2) is 0 Å². The van der Waals surface area contributed by atoms with E-state index in [2.05, 4.69) is 12.2 Å². The van der Waals surface area contributed by atoms with Gasteiger partial charge in [-0.05, 0) is 6.92 Å². The Bertz CT molecular complexity index is 50.9. The molecule has 0 amide bonds. The van der Waals surface area contributed by atoms with E-state index in [0.717, 1.165) is 6.04 Å². The Morgan fingerprint density at radius 2 is 2.11 bits per heavy atom. The second-order valence-corrected chi connectivity index (χ2v) is 3.08. The van der Waals surface area contributed by atoms with Crippen LogP contribution in [0.4, 0.5) is 0 Å². The first-order valence-corrected chi connectivity index (χ1v) is 4.86. The van der Waals surface area contributed by atoms with Crippen LogP contribution < -0.4 is 5.32 Å². The molecule has 1 heterocycles. The summed E-state index contributed by atoms with van der Waals surface area (Å²) < 4.78 is 0. The number of hydrogen-bond donors (Lipinski definition) is 1. The molecule has 0 saturated carbocycles. The highest BCUT2D eigenvalue weighted by atomic mass is 32.2. The minimum Gasteiger partial charge on any atom is -0.313 e. The van der Waals surface area contributed by atoms with Crippen molar-refractivity contribution < 1.29 is 0 Å². The molecule has 0 aromatic carbocycles. The first-order valence-electron chi connectivity index (χ1n) is 3.71. The van der Waals surface area contributed by atoms with Gasteiger partial charge in [0.1, 0.15) is 0 Å². The topological polar surface area (TPSA) is 12.0 Å². The van der Waals surface area contributed by atoms with Crippen molar-refractivity contribution in [3.63, 3.8) is 0 Å². The zero-order valence-corrected chi connectivity index (χ0v) is 7.42. The average Bonchev–Trinajstić information content (AvgIpc) is 1.94. The summed E-state index contributed by atoms with van der Waals surface area (Å²) in [5, 5.41) is 3.36. The fourth-order valence-electron chi connectivity index (χ4n) is 0.697. The second-order valence-electron chi connectivity index (χ2n) is 1.93. The Morgan fingerprint density at radius 3 is 2.33 bits per heavy atom. The van der Waals surface area contributed by atoms with Gasteiger partial charge >= 0.3 is 0 Å². The van der Waals surface area contributed by atoms with Gasteiger partial charge in [0.05, 0.1) is 0 Å². The third kappa shape index (κ3) is 4.79. The highest BCUT2D eigenvalue weighted by molar-refractivity contribution is 7.99. The Morgan fingerprint density at radius 1 is 1.44 bits per heavy atom. The van der Waals surface area contributed by atoms with Crippen molar-refractivity contribution in [1.82, 2.24) is 5.32 Å². The van der Waals surface area contributed by atoms with Gasteiger partial charge in [0, 0.05) is 24.1 Å². The van der Waals surface area contributed by atoms with Crippen LogP contribution in [0.1, 0.15) is 20.8 Å². The molecule has 9 heavy (non-hydrogen) atoms. The Hall–Kier alpha value is 0.310. The fraction of sp³-hybridized carbons (Fsp3) is 1.00. The standard InChI is InChI=1S/C5H11NS.C2H6/c1-5-4-7-3-2-6-5;1-2/h5-6H,2-4H2,1H3;1-2H3. The van der Waals surface area contributed by atoms with E-state index in [-0.39, 0.29) is 0 Å². The molecule has 2 heteroatoms. The second kappa shape index (κ2) is 6.43. The van der Waals surface area contributed by atoms with E-state index in [0.29, 0.717) is 0 Å². The van der Waals surface area contributed by atoms with Gasteiger partial charge in [0.2, 0.25) is 0 Å². The van der Waals surface area contributed by atoms with Crippen molar-refractivity contribution in [2.75, 3.05) is 18.1 Å². The van der Waals surface area contributed by atoms with Gasteiger partial charge in [0.15, 0.2) is 0 Å². The first kappa shape index (κ1) is 9.31. The Kier molecular flexibility index (Phi) is 6.65. The highest BCUT2D eigenvalue weighted by Crippen LogP contribution is 2.05. The highest BCUT2D eigenvalue weighted by Gasteiger charge is 2.04. The normalized spacial score (nSPS) is 26.3. The predicted octanol–water partition coefficient (Wildman–Crippen LogP) is 1.74. The Labute approximate surface area is 62.6 Å². The molecule has 1 aliphatic rings. The number of rotatable bonds is 0. The van der Waals surface area contributed by atoms with Crippen LogP contribution in [0, 0.1) is 0 Å². The third-order valence-electron chi connectivity index (χ3n) is 1.11. The number of nitrogens with one attached hydrogen (secondary N) is 1. The molecule has 1 N–H and O–H groups in total. The Balaban J connectivity index is 0.000000291. The number of hydrogen-bond acceptors (Lipinski definition) is 2. The van der Waals surface area contributed by atoms with E-state index >= 15 is 0 Å².